The lowest BCUT2D eigenvalue weighted by Gasteiger charge is -2.07. The number of anilines is 1. The van der Waals surface area contributed by atoms with Crippen LogP contribution in [0.25, 0.3) is 0 Å². The van der Waals surface area contributed by atoms with Gasteiger partial charge >= 0.3 is 0 Å². The highest BCUT2D eigenvalue weighted by Gasteiger charge is 2.02. The van der Waals surface area contributed by atoms with E-state index in [0.29, 0.717) is 19.0 Å². The molecule has 6 nitrogen and oxygen atoms in total. The molecule has 0 fully saturated rings. The molecule has 96 valence electrons. The Morgan fingerprint density at radius 2 is 2.22 bits per heavy atom. The quantitative estimate of drug-likeness (QED) is 0.840. The molecule has 0 aliphatic heterocycles. The van der Waals surface area contributed by atoms with Gasteiger partial charge in [0.15, 0.2) is 0 Å². The van der Waals surface area contributed by atoms with Gasteiger partial charge in [-0.1, -0.05) is 6.92 Å². The summed E-state index contributed by atoms with van der Waals surface area (Å²) in [6, 6.07) is 1.79. The van der Waals surface area contributed by atoms with Gasteiger partial charge in [-0.25, -0.2) is 15.0 Å². The first-order valence-corrected chi connectivity index (χ1v) is 5.94. The minimum atomic E-state index is 0.592. The number of hydrogen-bond donors (Lipinski definition) is 1. The molecule has 0 radical (unpaired) electrons. The summed E-state index contributed by atoms with van der Waals surface area (Å²) in [6.45, 7) is 3.34. The Morgan fingerprint density at radius 1 is 1.33 bits per heavy atom. The lowest BCUT2D eigenvalue weighted by Crippen LogP contribution is -2.07. The summed E-state index contributed by atoms with van der Waals surface area (Å²) in [5.41, 5.74) is 0. The van der Waals surface area contributed by atoms with Crippen LogP contribution in [0.3, 0.4) is 0 Å². The molecule has 0 bridgehead atoms. The first kappa shape index (κ1) is 12.3. The first-order chi connectivity index (χ1) is 8.79. The van der Waals surface area contributed by atoms with E-state index in [2.05, 4.69) is 27.2 Å². The molecule has 0 aromatic carbocycles. The Balaban J connectivity index is 1.95. The zero-order valence-corrected chi connectivity index (χ0v) is 10.6. The first-order valence-electron chi connectivity index (χ1n) is 5.94. The molecule has 0 saturated heterocycles. The molecule has 2 aromatic heterocycles. The molecule has 18 heavy (non-hydrogen) atoms. The van der Waals surface area contributed by atoms with Gasteiger partial charge in [0.2, 0.25) is 5.88 Å². The Bertz CT molecular complexity index is 497. The van der Waals surface area contributed by atoms with E-state index >= 15 is 0 Å². The predicted octanol–water partition coefficient (Wildman–Crippen LogP) is 1.61. The third kappa shape index (κ3) is 3.19. The summed E-state index contributed by atoms with van der Waals surface area (Å²) in [5.74, 6) is 2.28. The van der Waals surface area contributed by atoms with E-state index in [0.717, 1.165) is 18.1 Å². The van der Waals surface area contributed by atoms with Crippen LogP contribution in [0.1, 0.15) is 19.2 Å². The topological polar surface area (TPSA) is 64.9 Å². The van der Waals surface area contributed by atoms with E-state index in [-0.39, 0.29) is 0 Å². The maximum absolute atomic E-state index is 5.44. The van der Waals surface area contributed by atoms with E-state index < -0.39 is 0 Å². The second kappa shape index (κ2) is 6.00. The zero-order chi connectivity index (χ0) is 12.8. The van der Waals surface area contributed by atoms with Gasteiger partial charge in [0.05, 0.1) is 13.2 Å². The molecule has 0 spiro atoms. The van der Waals surface area contributed by atoms with Gasteiger partial charge < -0.3 is 14.6 Å². The molecule has 0 aliphatic rings. The summed E-state index contributed by atoms with van der Waals surface area (Å²) in [4.78, 5) is 12.4. The largest absolute Gasteiger partial charge is 0.478 e. The molecule has 1 N–H and O–H groups in total. The van der Waals surface area contributed by atoms with Crippen molar-refractivity contribution < 1.29 is 4.74 Å². The van der Waals surface area contributed by atoms with Crippen LogP contribution in [-0.4, -0.2) is 26.1 Å². The van der Waals surface area contributed by atoms with Crippen LogP contribution in [0.5, 0.6) is 5.88 Å². The van der Waals surface area contributed by atoms with Gasteiger partial charge in [0, 0.05) is 25.5 Å². The molecule has 0 amide bonds. The third-order valence-electron chi connectivity index (χ3n) is 2.44. The van der Waals surface area contributed by atoms with Crippen LogP contribution in [0.2, 0.25) is 0 Å². The Morgan fingerprint density at radius 3 is 2.94 bits per heavy atom. The van der Waals surface area contributed by atoms with Crippen molar-refractivity contribution in [1.29, 1.82) is 0 Å². The van der Waals surface area contributed by atoms with Crippen LogP contribution in [0, 0.1) is 0 Å². The number of aryl methyl sites for hydroxylation is 1. The van der Waals surface area contributed by atoms with Crippen LogP contribution in [0.15, 0.2) is 24.8 Å². The molecule has 0 atom stereocenters. The van der Waals surface area contributed by atoms with Gasteiger partial charge in [-0.2, -0.15) is 0 Å². The van der Waals surface area contributed by atoms with Crippen molar-refractivity contribution in [2.45, 2.75) is 19.9 Å². The standard InChI is InChI=1S/C12H17N5O/c1-3-6-18-12-7-10(15-9-16-12)14-8-11-13-4-5-17(11)2/h4-5,7,9H,3,6,8H2,1-2H3,(H,14,15,16). The number of imidazole rings is 1. The van der Waals surface area contributed by atoms with E-state index in [1.54, 1.807) is 12.3 Å². The Hall–Kier alpha value is -2.11. The molecule has 0 aliphatic carbocycles. The Kier molecular flexibility index (Phi) is 4.11. The molecule has 0 saturated carbocycles. The molecule has 2 aromatic rings. The minimum absolute atomic E-state index is 0.592. The van der Waals surface area contributed by atoms with Crippen LogP contribution < -0.4 is 10.1 Å². The number of aromatic nitrogens is 4. The monoisotopic (exact) mass is 247 g/mol. The van der Waals surface area contributed by atoms with Gasteiger partial charge in [-0.15, -0.1) is 0 Å². The second-order valence-corrected chi connectivity index (χ2v) is 3.90. The number of ether oxygens (including phenoxy) is 1. The zero-order valence-electron chi connectivity index (χ0n) is 10.6. The third-order valence-corrected chi connectivity index (χ3v) is 2.44. The van der Waals surface area contributed by atoms with E-state index in [9.17, 15) is 0 Å². The van der Waals surface area contributed by atoms with Gasteiger partial charge in [0.1, 0.15) is 18.0 Å². The molecule has 0 unspecified atom stereocenters. The van der Waals surface area contributed by atoms with E-state index in [4.69, 9.17) is 4.74 Å². The highest BCUT2D eigenvalue weighted by atomic mass is 16.5. The van der Waals surface area contributed by atoms with Gasteiger partial charge in [-0.05, 0) is 6.42 Å². The molecule has 2 heterocycles. The van der Waals surface area contributed by atoms with Crippen molar-refractivity contribution >= 4 is 5.82 Å². The van der Waals surface area contributed by atoms with Crippen LogP contribution in [0.4, 0.5) is 5.82 Å². The second-order valence-electron chi connectivity index (χ2n) is 3.90. The smallest absolute Gasteiger partial charge is 0.218 e. The fourth-order valence-electron chi connectivity index (χ4n) is 1.46. The lowest BCUT2D eigenvalue weighted by atomic mass is 10.5. The van der Waals surface area contributed by atoms with Crippen molar-refractivity contribution in [3.63, 3.8) is 0 Å². The Labute approximate surface area is 106 Å². The average molecular weight is 247 g/mol. The number of hydrogen-bond acceptors (Lipinski definition) is 5. The van der Waals surface area contributed by atoms with Crippen LogP contribution >= 0.6 is 0 Å². The number of rotatable bonds is 6. The van der Waals surface area contributed by atoms with Gasteiger partial charge in [0.25, 0.3) is 0 Å². The minimum Gasteiger partial charge on any atom is -0.478 e. The summed E-state index contributed by atoms with van der Waals surface area (Å²) in [6.07, 6.45) is 6.13. The number of nitrogens with one attached hydrogen (secondary N) is 1. The van der Waals surface area contributed by atoms with Crippen molar-refractivity contribution in [2.24, 2.45) is 7.05 Å². The highest BCUT2D eigenvalue weighted by Crippen LogP contribution is 2.11. The van der Waals surface area contributed by atoms with E-state index in [1.807, 2.05) is 17.8 Å². The summed E-state index contributed by atoms with van der Waals surface area (Å²) >= 11 is 0. The molecule has 2 rings (SSSR count). The van der Waals surface area contributed by atoms with Crippen molar-refractivity contribution in [2.75, 3.05) is 11.9 Å². The maximum atomic E-state index is 5.44. The fourth-order valence-corrected chi connectivity index (χ4v) is 1.46. The van der Waals surface area contributed by atoms with Crippen molar-refractivity contribution in [1.82, 2.24) is 19.5 Å². The van der Waals surface area contributed by atoms with Crippen LogP contribution in [-0.2, 0) is 13.6 Å². The maximum Gasteiger partial charge on any atom is 0.218 e. The SMILES string of the molecule is CCCOc1cc(NCc2nccn2C)ncn1. The average Bonchev–Trinajstić information content (AvgIpc) is 2.80. The predicted molar refractivity (Wildman–Crippen MR) is 68.4 cm³/mol. The fraction of sp³-hybridized carbons (Fsp3) is 0.417. The van der Waals surface area contributed by atoms with Crippen molar-refractivity contribution in [3.8, 4) is 5.88 Å². The van der Waals surface area contributed by atoms with E-state index in [1.165, 1.54) is 6.33 Å². The lowest BCUT2D eigenvalue weighted by molar-refractivity contribution is 0.305. The van der Waals surface area contributed by atoms with Crippen molar-refractivity contribution in [3.05, 3.63) is 30.6 Å². The molecular weight excluding hydrogens is 230 g/mol. The summed E-state index contributed by atoms with van der Waals surface area (Å²) in [5, 5.41) is 3.19. The number of nitrogens with zero attached hydrogens (tertiary/aromatic N) is 4. The highest BCUT2D eigenvalue weighted by molar-refractivity contribution is 5.37. The summed E-state index contributed by atoms with van der Waals surface area (Å²) in [7, 11) is 1.96. The molecule has 6 heteroatoms. The normalized spacial score (nSPS) is 10.3. The summed E-state index contributed by atoms with van der Waals surface area (Å²) < 4.78 is 7.41. The molecular formula is C12H17N5O. The van der Waals surface area contributed by atoms with Gasteiger partial charge in [-0.3, -0.25) is 0 Å².